The minimum Gasteiger partial charge on any atom is -0.480 e. The van der Waals surface area contributed by atoms with Gasteiger partial charge in [-0.15, -0.1) is 4.40 Å². The molecule has 0 unspecified atom stereocenters. The molecule has 8 heteroatoms. The third-order valence-electron chi connectivity index (χ3n) is 2.62. The van der Waals surface area contributed by atoms with Gasteiger partial charge in [0.15, 0.2) is 10.8 Å². The van der Waals surface area contributed by atoms with Crippen LogP contribution in [0.2, 0.25) is 0 Å². The highest BCUT2D eigenvalue weighted by Crippen LogP contribution is 2.25. The molecule has 0 saturated carbocycles. The van der Waals surface area contributed by atoms with Crippen molar-refractivity contribution in [2.45, 2.75) is 24.2 Å². The molecule has 1 aliphatic heterocycles. The van der Waals surface area contributed by atoms with Crippen molar-refractivity contribution in [1.82, 2.24) is 0 Å². The molecule has 0 aromatic heterocycles. The first-order valence-electron chi connectivity index (χ1n) is 5.71. The van der Waals surface area contributed by atoms with E-state index in [0.29, 0.717) is 13.0 Å². The third-order valence-corrected chi connectivity index (χ3v) is 3.96. The fourth-order valence-electron chi connectivity index (χ4n) is 1.72. The van der Waals surface area contributed by atoms with Crippen LogP contribution in [-0.4, -0.2) is 25.8 Å². The van der Waals surface area contributed by atoms with Crippen molar-refractivity contribution < 1.29 is 18.1 Å². The standard InChI is InChI=1S/C11H12N2O5S/c14-13(15)9-5-1-2-6-10(9)19(16,17)12-11-7-3-4-8-18-11/h1-2,5-6H,3-4,7-8H2/b12-11+. The number of nitro groups is 1. The molecule has 1 saturated heterocycles. The van der Waals surface area contributed by atoms with Crippen molar-refractivity contribution in [3.8, 4) is 0 Å². The molecule has 0 bridgehead atoms. The van der Waals surface area contributed by atoms with Gasteiger partial charge < -0.3 is 4.74 Å². The Morgan fingerprint density at radius 1 is 1.26 bits per heavy atom. The summed E-state index contributed by atoms with van der Waals surface area (Å²) in [7, 11) is -4.11. The average Bonchev–Trinajstić information content (AvgIpc) is 2.39. The fraction of sp³-hybridized carbons (Fsp3) is 0.364. The van der Waals surface area contributed by atoms with Crippen LogP contribution in [0.1, 0.15) is 19.3 Å². The van der Waals surface area contributed by atoms with Gasteiger partial charge >= 0.3 is 0 Å². The topological polar surface area (TPSA) is 98.9 Å². The zero-order chi connectivity index (χ0) is 13.9. The highest BCUT2D eigenvalue weighted by molar-refractivity contribution is 7.90. The van der Waals surface area contributed by atoms with Gasteiger partial charge in [-0.1, -0.05) is 12.1 Å². The van der Waals surface area contributed by atoms with Gasteiger partial charge in [0.1, 0.15) is 0 Å². The molecular weight excluding hydrogens is 272 g/mol. The van der Waals surface area contributed by atoms with Gasteiger partial charge in [-0.3, -0.25) is 10.1 Å². The molecule has 1 aromatic rings. The second-order valence-electron chi connectivity index (χ2n) is 3.99. The molecule has 102 valence electrons. The predicted molar refractivity (Wildman–Crippen MR) is 67.5 cm³/mol. The summed E-state index contributed by atoms with van der Waals surface area (Å²) < 4.78 is 32.8. The van der Waals surface area contributed by atoms with Crippen LogP contribution in [0.15, 0.2) is 33.6 Å². The summed E-state index contributed by atoms with van der Waals surface area (Å²) in [6, 6.07) is 5.12. The summed E-state index contributed by atoms with van der Waals surface area (Å²) in [5.74, 6) is 0.115. The monoisotopic (exact) mass is 284 g/mol. The molecule has 19 heavy (non-hydrogen) atoms. The Balaban J connectivity index is 2.42. The Labute approximate surface area is 110 Å². The van der Waals surface area contributed by atoms with E-state index in [0.717, 1.165) is 18.9 Å². The fourth-order valence-corrected chi connectivity index (χ4v) is 2.89. The lowest BCUT2D eigenvalue weighted by Crippen LogP contribution is -2.15. The van der Waals surface area contributed by atoms with Crippen molar-refractivity contribution in [1.29, 1.82) is 0 Å². The van der Waals surface area contributed by atoms with Crippen LogP contribution in [0.5, 0.6) is 0 Å². The second-order valence-corrected chi connectivity index (χ2v) is 5.56. The van der Waals surface area contributed by atoms with E-state index >= 15 is 0 Å². The summed E-state index contributed by atoms with van der Waals surface area (Å²) in [6.45, 7) is 0.422. The first-order chi connectivity index (χ1) is 9.00. The third kappa shape index (κ3) is 3.08. The van der Waals surface area contributed by atoms with Crippen LogP contribution in [0.4, 0.5) is 5.69 Å². The Morgan fingerprint density at radius 2 is 2.00 bits per heavy atom. The van der Waals surface area contributed by atoms with Gasteiger partial charge in [-0.2, -0.15) is 8.42 Å². The van der Waals surface area contributed by atoms with E-state index in [9.17, 15) is 18.5 Å². The van der Waals surface area contributed by atoms with E-state index in [2.05, 4.69) is 4.40 Å². The molecule has 1 aliphatic rings. The van der Waals surface area contributed by atoms with Crippen molar-refractivity contribution in [3.05, 3.63) is 34.4 Å². The number of hydrogen-bond donors (Lipinski definition) is 0. The van der Waals surface area contributed by atoms with E-state index in [-0.39, 0.29) is 5.90 Å². The van der Waals surface area contributed by atoms with E-state index in [1.807, 2.05) is 0 Å². The van der Waals surface area contributed by atoms with Crippen LogP contribution in [0, 0.1) is 10.1 Å². The molecule has 0 amide bonds. The van der Waals surface area contributed by atoms with Crippen LogP contribution in [0.3, 0.4) is 0 Å². The number of hydrogen-bond acceptors (Lipinski definition) is 5. The maximum Gasteiger partial charge on any atom is 0.292 e. The minimum absolute atomic E-state index is 0.115. The highest BCUT2D eigenvalue weighted by Gasteiger charge is 2.26. The molecule has 0 N–H and O–H groups in total. The van der Waals surface area contributed by atoms with E-state index in [1.165, 1.54) is 18.2 Å². The van der Waals surface area contributed by atoms with Gasteiger partial charge in [0, 0.05) is 12.5 Å². The number of benzene rings is 1. The van der Waals surface area contributed by atoms with Gasteiger partial charge in [0.05, 0.1) is 11.5 Å². The lowest BCUT2D eigenvalue weighted by atomic mass is 10.2. The second kappa shape index (κ2) is 5.35. The molecule has 0 atom stereocenters. The zero-order valence-electron chi connectivity index (χ0n) is 9.98. The Kier molecular flexibility index (Phi) is 3.79. The SMILES string of the molecule is O=[N+]([O-])c1ccccc1S(=O)(=O)/N=C1\CCCCO1. The van der Waals surface area contributed by atoms with E-state index < -0.39 is 25.5 Å². The van der Waals surface area contributed by atoms with Crippen molar-refractivity contribution in [3.63, 3.8) is 0 Å². The summed E-state index contributed by atoms with van der Waals surface area (Å²) in [5.41, 5.74) is -0.484. The Hall–Kier alpha value is -1.96. The Bertz CT molecular complexity index is 616. The summed E-state index contributed by atoms with van der Waals surface area (Å²) in [4.78, 5) is 9.67. The average molecular weight is 284 g/mol. The maximum absolute atomic E-state index is 12.1. The molecule has 2 rings (SSSR count). The number of rotatable bonds is 3. The lowest BCUT2D eigenvalue weighted by molar-refractivity contribution is -0.387. The van der Waals surface area contributed by atoms with Crippen LogP contribution in [-0.2, 0) is 14.8 Å². The van der Waals surface area contributed by atoms with Gasteiger partial charge in [-0.05, 0) is 18.9 Å². The Morgan fingerprint density at radius 3 is 2.63 bits per heavy atom. The van der Waals surface area contributed by atoms with Crippen LogP contribution >= 0.6 is 0 Å². The molecule has 0 aliphatic carbocycles. The quantitative estimate of drug-likeness (QED) is 0.623. The molecule has 0 radical (unpaired) electrons. The first-order valence-corrected chi connectivity index (χ1v) is 7.15. The maximum atomic E-state index is 12.1. The predicted octanol–water partition coefficient (Wildman–Crippen LogP) is 1.88. The number of sulfonamides is 1. The summed E-state index contributed by atoms with van der Waals surface area (Å²) in [6.07, 6.45) is 2.08. The molecular formula is C11H12N2O5S. The number of para-hydroxylation sites is 1. The van der Waals surface area contributed by atoms with E-state index in [1.54, 1.807) is 0 Å². The minimum atomic E-state index is -4.11. The van der Waals surface area contributed by atoms with Crippen LogP contribution in [0.25, 0.3) is 0 Å². The lowest BCUT2D eigenvalue weighted by Gasteiger charge is -2.13. The van der Waals surface area contributed by atoms with Gasteiger partial charge in [-0.25, -0.2) is 0 Å². The molecule has 0 spiro atoms. The smallest absolute Gasteiger partial charge is 0.292 e. The van der Waals surface area contributed by atoms with E-state index in [4.69, 9.17) is 4.74 Å². The highest BCUT2D eigenvalue weighted by atomic mass is 32.2. The number of nitrogens with zero attached hydrogens (tertiary/aromatic N) is 2. The largest absolute Gasteiger partial charge is 0.480 e. The number of nitro benzene ring substituents is 1. The van der Waals surface area contributed by atoms with Crippen molar-refractivity contribution >= 4 is 21.6 Å². The summed E-state index contributed by atoms with van der Waals surface area (Å²) >= 11 is 0. The molecule has 1 aromatic carbocycles. The molecule has 1 fully saturated rings. The number of ether oxygens (including phenoxy) is 1. The van der Waals surface area contributed by atoms with Crippen molar-refractivity contribution in [2.24, 2.45) is 4.40 Å². The molecule has 1 heterocycles. The molecule has 7 nitrogen and oxygen atoms in total. The van der Waals surface area contributed by atoms with Gasteiger partial charge in [0.2, 0.25) is 0 Å². The van der Waals surface area contributed by atoms with Crippen molar-refractivity contribution in [2.75, 3.05) is 6.61 Å². The summed E-state index contributed by atoms with van der Waals surface area (Å²) in [5, 5.41) is 10.8. The normalized spacial score (nSPS) is 18.0. The van der Waals surface area contributed by atoms with Crippen LogP contribution < -0.4 is 0 Å². The first kappa shape index (κ1) is 13.5. The zero-order valence-corrected chi connectivity index (χ0v) is 10.8. The van der Waals surface area contributed by atoms with Gasteiger partial charge in [0.25, 0.3) is 15.7 Å².